The highest BCUT2D eigenvalue weighted by Gasteiger charge is 2.47. The van der Waals surface area contributed by atoms with Crippen molar-refractivity contribution >= 4 is 57.7 Å². The molecule has 2 aromatic carbocycles. The van der Waals surface area contributed by atoms with Crippen LogP contribution in [0.25, 0.3) is 5.76 Å². The number of thiophene rings is 1. The maximum atomic E-state index is 13.1. The van der Waals surface area contributed by atoms with E-state index in [0.717, 1.165) is 10.4 Å². The van der Waals surface area contributed by atoms with Gasteiger partial charge >= 0.3 is 0 Å². The molecule has 31 heavy (non-hydrogen) atoms. The molecule has 1 N–H and O–H groups in total. The number of methoxy groups -OCH3 is 1. The minimum Gasteiger partial charge on any atom is -0.507 e. The number of aliphatic hydroxyl groups is 1. The maximum Gasteiger partial charge on any atom is 0.300 e. The first kappa shape index (κ1) is 21.4. The number of rotatable bonds is 4. The Bertz CT molecular complexity index is 1200. The highest BCUT2D eigenvalue weighted by Crippen LogP contribution is 2.45. The summed E-state index contributed by atoms with van der Waals surface area (Å²) in [4.78, 5) is 28.3. The average Bonchev–Trinajstić information content (AvgIpc) is 3.35. The van der Waals surface area contributed by atoms with E-state index in [0.29, 0.717) is 15.7 Å². The van der Waals surface area contributed by atoms with Crippen LogP contribution in [-0.2, 0) is 9.59 Å². The van der Waals surface area contributed by atoms with Gasteiger partial charge in [-0.3, -0.25) is 14.5 Å². The number of halogens is 2. The molecule has 1 amide bonds. The number of ether oxygens (including phenoxy) is 1. The number of anilines is 1. The van der Waals surface area contributed by atoms with Crippen LogP contribution in [0.2, 0.25) is 10.0 Å². The summed E-state index contributed by atoms with van der Waals surface area (Å²) in [5.41, 5.74) is 1.50. The van der Waals surface area contributed by atoms with Crippen LogP contribution >= 0.6 is 34.5 Å². The second kappa shape index (κ2) is 8.38. The average molecular weight is 474 g/mol. The Labute approximate surface area is 193 Å². The number of carbonyl (C=O) groups excluding carboxylic acids is 2. The Hall–Kier alpha value is -2.80. The number of hydrogen-bond donors (Lipinski definition) is 1. The topological polar surface area (TPSA) is 66.8 Å². The molecule has 0 saturated carbocycles. The molecule has 2 heterocycles. The summed E-state index contributed by atoms with van der Waals surface area (Å²) in [6.45, 7) is 1.81. The second-order valence-corrected chi connectivity index (χ2v) is 8.81. The fourth-order valence-corrected chi connectivity index (χ4v) is 4.97. The van der Waals surface area contributed by atoms with Crippen molar-refractivity contribution in [3.05, 3.63) is 85.5 Å². The van der Waals surface area contributed by atoms with Crippen molar-refractivity contribution in [3.8, 4) is 5.75 Å². The number of benzene rings is 2. The molecule has 1 saturated heterocycles. The smallest absolute Gasteiger partial charge is 0.300 e. The zero-order valence-electron chi connectivity index (χ0n) is 16.6. The minimum absolute atomic E-state index is 0.0256. The van der Waals surface area contributed by atoms with E-state index in [9.17, 15) is 14.7 Å². The summed E-state index contributed by atoms with van der Waals surface area (Å²) >= 11 is 13.7. The van der Waals surface area contributed by atoms with Crippen LogP contribution < -0.4 is 9.64 Å². The lowest BCUT2D eigenvalue weighted by Gasteiger charge is -2.24. The SMILES string of the molecule is COc1c(Cl)cc(C)cc1/C(O)=C1/C(=O)C(=O)N(c2ccc(Cl)cc2)C1c1cccs1. The molecule has 5 nitrogen and oxygen atoms in total. The quantitative estimate of drug-likeness (QED) is 0.286. The molecule has 0 radical (unpaired) electrons. The predicted octanol–water partition coefficient (Wildman–Crippen LogP) is 6.00. The molecular weight excluding hydrogens is 457 g/mol. The van der Waals surface area contributed by atoms with Crippen molar-refractivity contribution < 1.29 is 19.4 Å². The number of ketones is 1. The van der Waals surface area contributed by atoms with E-state index in [1.54, 1.807) is 36.4 Å². The third-order valence-electron chi connectivity index (χ3n) is 5.01. The van der Waals surface area contributed by atoms with Gasteiger partial charge in [-0.15, -0.1) is 11.3 Å². The molecule has 1 atom stereocenters. The van der Waals surface area contributed by atoms with Gasteiger partial charge in [0.2, 0.25) is 0 Å². The molecule has 158 valence electrons. The Kier molecular flexibility index (Phi) is 5.79. The van der Waals surface area contributed by atoms with Gasteiger partial charge in [0, 0.05) is 15.6 Å². The van der Waals surface area contributed by atoms with Gasteiger partial charge in [-0.1, -0.05) is 29.3 Å². The van der Waals surface area contributed by atoms with Crippen LogP contribution in [0.3, 0.4) is 0 Å². The van der Waals surface area contributed by atoms with Gasteiger partial charge < -0.3 is 9.84 Å². The van der Waals surface area contributed by atoms with Crippen LogP contribution in [0.1, 0.15) is 22.0 Å². The van der Waals surface area contributed by atoms with Crippen molar-refractivity contribution in [2.45, 2.75) is 13.0 Å². The molecule has 8 heteroatoms. The van der Waals surface area contributed by atoms with Gasteiger partial charge in [-0.25, -0.2) is 0 Å². The first-order valence-electron chi connectivity index (χ1n) is 9.28. The lowest BCUT2D eigenvalue weighted by Crippen LogP contribution is -2.29. The Morgan fingerprint density at radius 1 is 1.13 bits per heavy atom. The maximum absolute atomic E-state index is 13.1. The molecule has 1 aliphatic rings. The van der Waals surface area contributed by atoms with E-state index < -0.39 is 17.7 Å². The number of nitrogens with zero attached hydrogens (tertiary/aromatic N) is 1. The Morgan fingerprint density at radius 3 is 2.45 bits per heavy atom. The molecule has 1 aromatic heterocycles. The molecule has 0 bridgehead atoms. The van der Waals surface area contributed by atoms with Gasteiger partial charge in [0.15, 0.2) is 0 Å². The van der Waals surface area contributed by atoms with Crippen LogP contribution in [-0.4, -0.2) is 23.9 Å². The van der Waals surface area contributed by atoms with Gasteiger partial charge in [-0.05, 0) is 60.3 Å². The first-order chi connectivity index (χ1) is 14.8. The number of aryl methyl sites for hydroxylation is 1. The van der Waals surface area contributed by atoms with E-state index in [1.807, 2.05) is 24.4 Å². The Morgan fingerprint density at radius 2 is 1.84 bits per heavy atom. The fraction of sp³-hybridized carbons (Fsp3) is 0.130. The molecule has 3 aromatic rings. The monoisotopic (exact) mass is 473 g/mol. The number of hydrogen-bond acceptors (Lipinski definition) is 5. The summed E-state index contributed by atoms with van der Waals surface area (Å²) in [6.07, 6.45) is 0. The summed E-state index contributed by atoms with van der Waals surface area (Å²) in [6, 6.07) is 12.8. The molecule has 1 aliphatic heterocycles. The van der Waals surface area contributed by atoms with Crippen molar-refractivity contribution in [2.75, 3.05) is 12.0 Å². The molecule has 1 fully saturated rings. The zero-order chi connectivity index (χ0) is 22.3. The number of carbonyl (C=O) groups is 2. The standard InChI is InChI=1S/C23H17Cl2NO4S/c1-12-10-15(22(30-2)16(25)11-12)20(27)18-19(17-4-3-9-31-17)26(23(29)21(18)28)14-7-5-13(24)6-8-14/h3-11,19,27H,1-2H3/b20-18-. The highest BCUT2D eigenvalue weighted by molar-refractivity contribution is 7.10. The zero-order valence-corrected chi connectivity index (χ0v) is 18.9. The van der Waals surface area contributed by atoms with E-state index in [2.05, 4.69) is 0 Å². The molecule has 4 rings (SSSR count). The summed E-state index contributed by atoms with van der Waals surface area (Å²) < 4.78 is 5.38. The number of aliphatic hydroxyl groups excluding tert-OH is 1. The normalized spacial score (nSPS) is 17.9. The molecule has 0 spiro atoms. The van der Waals surface area contributed by atoms with Gasteiger partial charge in [0.25, 0.3) is 11.7 Å². The first-order valence-corrected chi connectivity index (χ1v) is 10.9. The van der Waals surface area contributed by atoms with Gasteiger partial charge in [0.05, 0.1) is 23.3 Å². The predicted molar refractivity (Wildman–Crippen MR) is 123 cm³/mol. The van der Waals surface area contributed by atoms with E-state index in [4.69, 9.17) is 27.9 Å². The van der Waals surface area contributed by atoms with E-state index in [-0.39, 0.29) is 22.6 Å². The summed E-state index contributed by atoms with van der Waals surface area (Å²) in [5.74, 6) is -1.63. The summed E-state index contributed by atoms with van der Waals surface area (Å²) in [5, 5.41) is 13.9. The third kappa shape index (κ3) is 3.71. The summed E-state index contributed by atoms with van der Waals surface area (Å²) in [7, 11) is 1.43. The molecule has 1 unspecified atom stereocenters. The van der Waals surface area contributed by atoms with Crippen molar-refractivity contribution in [2.24, 2.45) is 0 Å². The van der Waals surface area contributed by atoms with Crippen LogP contribution in [0.4, 0.5) is 5.69 Å². The highest BCUT2D eigenvalue weighted by atomic mass is 35.5. The van der Waals surface area contributed by atoms with Crippen LogP contribution in [0, 0.1) is 6.92 Å². The molecular formula is C23H17Cl2NO4S. The molecule has 0 aliphatic carbocycles. The lowest BCUT2D eigenvalue weighted by molar-refractivity contribution is -0.132. The van der Waals surface area contributed by atoms with Crippen molar-refractivity contribution in [1.29, 1.82) is 0 Å². The van der Waals surface area contributed by atoms with E-state index in [1.165, 1.54) is 23.3 Å². The second-order valence-electron chi connectivity index (χ2n) is 6.99. The van der Waals surface area contributed by atoms with Crippen molar-refractivity contribution in [1.82, 2.24) is 0 Å². The number of amides is 1. The fourth-order valence-electron chi connectivity index (χ4n) is 3.67. The number of Topliss-reactive ketones (excluding diaryl/α,β-unsaturated/α-hetero) is 1. The van der Waals surface area contributed by atoms with E-state index >= 15 is 0 Å². The van der Waals surface area contributed by atoms with Gasteiger partial charge in [-0.2, -0.15) is 0 Å². The van der Waals surface area contributed by atoms with Crippen LogP contribution in [0.15, 0.2) is 59.5 Å². The van der Waals surface area contributed by atoms with Gasteiger partial charge in [0.1, 0.15) is 17.6 Å². The van der Waals surface area contributed by atoms with Crippen LogP contribution in [0.5, 0.6) is 5.75 Å². The Balaban J connectivity index is 1.97. The third-order valence-corrected chi connectivity index (χ3v) is 6.47. The minimum atomic E-state index is -0.801. The largest absolute Gasteiger partial charge is 0.507 e. The van der Waals surface area contributed by atoms with Crippen molar-refractivity contribution in [3.63, 3.8) is 0 Å². The lowest BCUT2D eigenvalue weighted by atomic mass is 9.98.